The maximum Gasteiger partial charge on any atom is 0.401 e. The number of rotatable bonds is 3. The molecule has 1 atom stereocenters. The van der Waals surface area contributed by atoms with Crippen LogP contribution in [0.1, 0.15) is 45.4 Å². The second-order valence-electron chi connectivity index (χ2n) is 5.79. The van der Waals surface area contributed by atoms with Gasteiger partial charge in [0.25, 0.3) is 0 Å². The number of alkyl halides is 3. The highest BCUT2D eigenvalue weighted by Crippen LogP contribution is 2.38. The zero-order chi connectivity index (χ0) is 13.2. The molecule has 2 fully saturated rings. The van der Waals surface area contributed by atoms with Crippen LogP contribution in [0.15, 0.2) is 0 Å². The van der Waals surface area contributed by atoms with E-state index in [-0.39, 0.29) is 11.6 Å². The molecule has 1 saturated heterocycles. The molecule has 1 aliphatic carbocycles. The average molecular weight is 264 g/mol. The van der Waals surface area contributed by atoms with Crippen molar-refractivity contribution in [3.8, 4) is 0 Å². The van der Waals surface area contributed by atoms with Crippen LogP contribution in [0, 0.1) is 0 Å². The third-order valence-corrected chi connectivity index (χ3v) is 4.37. The first-order valence-electron chi connectivity index (χ1n) is 7.00. The lowest BCUT2D eigenvalue weighted by molar-refractivity contribution is -0.164. The van der Waals surface area contributed by atoms with Gasteiger partial charge in [-0.25, -0.2) is 0 Å². The lowest BCUT2D eigenvalue weighted by Gasteiger charge is -2.48. The summed E-state index contributed by atoms with van der Waals surface area (Å²) in [6, 6.07) is 0.226. The van der Waals surface area contributed by atoms with E-state index in [1.165, 1.54) is 0 Å². The second-order valence-corrected chi connectivity index (χ2v) is 5.79. The van der Waals surface area contributed by atoms with Crippen LogP contribution in [0.2, 0.25) is 0 Å². The summed E-state index contributed by atoms with van der Waals surface area (Å²) >= 11 is 0. The van der Waals surface area contributed by atoms with Crippen molar-refractivity contribution in [2.75, 3.05) is 19.6 Å². The number of halogens is 3. The summed E-state index contributed by atoms with van der Waals surface area (Å²) < 4.78 is 38.2. The lowest BCUT2D eigenvalue weighted by atomic mass is 9.90. The van der Waals surface area contributed by atoms with E-state index >= 15 is 0 Å². The Morgan fingerprint density at radius 2 is 1.94 bits per heavy atom. The van der Waals surface area contributed by atoms with E-state index in [1.807, 2.05) is 0 Å². The fraction of sp³-hybridized carbons (Fsp3) is 1.00. The molecular weight excluding hydrogens is 241 g/mol. The van der Waals surface area contributed by atoms with Gasteiger partial charge in [0.2, 0.25) is 0 Å². The number of hydrogen-bond acceptors (Lipinski definition) is 2. The minimum absolute atomic E-state index is 0.222. The Labute approximate surface area is 107 Å². The first-order chi connectivity index (χ1) is 8.45. The third-order valence-electron chi connectivity index (χ3n) is 4.37. The second kappa shape index (κ2) is 5.37. The topological polar surface area (TPSA) is 15.3 Å². The van der Waals surface area contributed by atoms with Crippen molar-refractivity contribution in [3.63, 3.8) is 0 Å². The largest absolute Gasteiger partial charge is 0.401 e. The molecule has 1 aliphatic heterocycles. The first kappa shape index (κ1) is 14.1. The number of nitrogens with one attached hydrogen (secondary N) is 1. The molecule has 0 aromatic rings. The van der Waals surface area contributed by atoms with Gasteiger partial charge in [-0.05, 0) is 19.3 Å². The molecule has 1 spiro atoms. The monoisotopic (exact) mass is 264 g/mol. The van der Waals surface area contributed by atoms with E-state index in [0.717, 1.165) is 45.1 Å². The van der Waals surface area contributed by atoms with Crippen LogP contribution in [0.5, 0.6) is 0 Å². The van der Waals surface area contributed by atoms with Gasteiger partial charge in [0.1, 0.15) is 0 Å². The van der Waals surface area contributed by atoms with Crippen molar-refractivity contribution in [2.24, 2.45) is 0 Å². The zero-order valence-electron chi connectivity index (χ0n) is 11.0. The standard InChI is InChI=1S/C13H23F3N2/c1-2-5-11-8-18(10-13(14,15)16)12(9-17-11)6-3-4-7-12/h11,17H,2-10H2,1H3. The maximum atomic E-state index is 12.7. The Morgan fingerprint density at radius 1 is 1.28 bits per heavy atom. The van der Waals surface area contributed by atoms with Gasteiger partial charge in [-0.3, -0.25) is 4.90 Å². The Kier molecular flexibility index (Phi) is 4.22. The highest BCUT2D eigenvalue weighted by atomic mass is 19.4. The fourth-order valence-corrected chi connectivity index (χ4v) is 3.49. The van der Waals surface area contributed by atoms with Crippen molar-refractivity contribution in [3.05, 3.63) is 0 Å². The molecule has 0 amide bonds. The molecule has 2 aliphatic rings. The molecular formula is C13H23F3N2. The normalized spacial score (nSPS) is 29.0. The molecule has 1 heterocycles. The highest BCUT2D eigenvalue weighted by molar-refractivity contribution is 5.02. The van der Waals surface area contributed by atoms with Crippen LogP contribution < -0.4 is 5.32 Å². The van der Waals surface area contributed by atoms with E-state index < -0.39 is 12.7 Å². The molecule has 2 nitrogen and oxygen atoms in total. The van der Waals surface area contributed by atoms with Gasteiger partial charge in [-0.2, -0.15) is 13.2 Å². The molecule has 1 unspecified atom stereocenters. The van der Waals surface area contributed by atoms with Gasteiger partial charge in [0, 0.05) is 24.7 Å². The van der Waals surface area contributed by atoms with Crippen molar-refractivity contribution >= 4 is 0 Å². The van der Waals surface area contributed by atoms with Crippen molar-refractivity contribution < 1.29 is 13.2 Å². The minimum atomic E-state index is -4.08. The molecule has 18 heavy (non-hydrogen) atoms. The summed E-state index contributed by atoms with van der Waals surface area (Å²) in [6.07, 6.45) is 1.85. The zero-order valence-corrected chi connectivity index (χ0v) is 11.0. The van der Waals surface area contributed by atoms with Crippen molar-refractivity contribution in [1.82, 2.24) is 10.2 Å². The quantitative estimate of drug-likeness (QED) is 0.843. The fourth-order valence-electron chi connectivity index (χ4n) is 3.49. The molecule has 0 bridgehead atoms. The van der Waals surface area contributed by atoms with Gasteiger partial charge < -0.3 is 5.32 Å². The van der Waals surface area contributed by atoms with Crippen LogP contribution in [-0.2, 0) is 0 Å². The Morgan fingerprint density at radius 3 is 2.50 bits per heavy atom. The summed E-state index contributed by atoms with van der Waals surface area (Å²) in [5, 5.41) is 3.46. The Bertz CT molecular complexity index is 272. The summed E-state index contributed by atoms with van der Waals surface area (Å²) in [7, 11) is 0. The predicted molar refractivity (Wildman–Crippen MR) is 65.5 cm³/mol. The van der Waals surface area contributed by atoms with E-state index in [1.54, 1.807) is 4.90 Å². The van der Waals surface area contributed by atoms with Gasteiger partial charge in [-0.15, -0.1) is 0 Å². The van der Waals surface area contributed by atoms with Crippen LogP contribution in [0.4, 0.5) is 13.2 Å². The maximum absolute atomic E-state index is 12.7. The number of nitrogens with zero attached hydrogens (tertiary/aromatic N) is 1. The summed E-state index contributed by atoms with van der Waals surface area (Å²) in [5.74, 6) is 0. The molecule has 0 radical (unpaired) electrons. The SMILES string of the molecule is CCCC1CN(CC(F)(F)F)C2(CCCC2)CN1. The average Bonchev–Trinajstić information content (AvgIpc) is 2.71. The van der Waals surface area contributed by atoms with Crippen LogP contribution in [0.3, 0.4) is 0 Å². The summed E-state index contributed by atoms with van der Waals surface area (Å²) in [4.78, 5) is 1.72. The van der Waals surface area contributed by atoms with Crippen LogP contribution in [0.25, 0.3) is 0 Å². The Hall–Kier alpha value is -0.290. The third kappa shape index (κ3) is 3.18. The number of hydrogen-bond donors (Lipinski definition) is 1. The molecule has 0 aromatic carbocycles. The van der Waals surface area contributed by atoms with E-state index in [4.69, 9.17) is 0 Å². The Balaban J connectivity index is 2.06. The van der Waals surface area contributed by atoms with Crippen LogP contribution in [-0.4, -0.2) is 42.3 Å². The van der Waals surface area contributed by atoms with Gasteiger partial charge in [-0.1, -0.05) is 26.2 Å². The first-order valence-corrected chi connectivity index (χ1v) is 7.00. The van der Waals surface area contributed by atoms with Crippen molar-refractivity contribution in [2.45, 2.75) is 63.2 Å². The molecule has 5 heteroatoms. The lowest BCUT2D eigenvalue weighted by Crippen LogP contribution is -2.65. The number of piperazine rings is 1. The smallest absolute Gasteiger partial charge is 0.311 e. The molecule has 2 rings (SSSR count). The van der Waals surface area contributed by atoms with Crippen molar-refractivity contribution in [1.29, 1.82) is 0 Å². The molecule has 1 saturated carbocycles. The van der Waals surface area contributed by atoms with Gasteiger partial charge in [0.15, 0.2) is 0 Å². The summed E-state index contributed by atoms with van der Waals surface area (Å²) in [6.45, 7) is 2.62. The van der Waals surface area contributed by atoms with E-state index in [2.05, 4.69) is 12.2 Å². The van der Waals surface area contributed by atoms with E-state index in [9.17, 15) is 13.2 Å². The molecule has 0 aromatic heterocycles. The molecule has 106 valence electrons. The van der Waals surface area contributed by atoms with Crippen LogP contribution >= 0.6 is 0 Å². The summed E-state index contributed by atoms with van der Waals surface area (Å²) in [5.41, 5.74) is -0.222. The minimum Gasteiger partial charge on any atom is -0.311 e. The van der Waals surface area contributed by atoms with Gasteiger partial charge in [0.05, 0.1) is 6.54 Å². The molecule has 1 N–H and O–H groups in total. The predicted octanol–water partition coefficient (Wildman–Crippen LogP) is 2.94. The van der Waals surface area contributed by atoms with Gasteiger partial charge >= 0.3 is 6.18 Å². The van der Waals surface area contributed by atoms with E-state index in [0.29, 0.717) is 6.54 Å². The highest BCUT2D eigenvalue weighted by Gasteiger charge is 2.47.